The van der Waals surface area contributed by atoms with E-state index in [0.29, 0.717) is 15.4 Å². The van der Waals surface area contributed by atoms with E-state index in [-0.39, 0.29) is 16.9 Å². The van der Waals surface area contributed by atoms with Gasteiger partial charge in [-0.2, -0.15) is 0 Å². The lowest BCUT2D eigenvalue weighted by atomic mass is 10.2. The Bertz CT molecular complexity index is 987. The van der Waals surface area contributed by atoms with Crippen LogP contribution < -0.4 is 5.56 Å². The first-order valence-electron chi connectivity index (χ1n) is 7.10. The van der Waals surface area contributed by atoms with Crippen LogP contribution >= 0.6 is 15.9 Å². The van der Waals surface area contributed by atoms with Crippen molar-refractivity contribution < 1.29 is 13.9 Å². The second-order valence-electron chi connectivity index (χ2n) is 5.14. The number of rotatable bonds is 3. The highest BCUT2D eigenvalue weighted by Gasteiger charge is 2.19. The Morgan fingerprint density at radius 3 is 2.79 bits per heavy atom. The van der Waals surface area contributed by atoms with Crippen molar-refractivity contribution in [3.05, 3.63) is 74.5 Å². The summed E-state index contributed by atoms with van der Waals surface area (Å²) in [7, 11) is 0. The summed E-state index contributed by atoms with van der Waals surface area (Å²) in [4.78, 5) is 31.2. The maximum absolute atomic E-state index is 13.1. The van der Waals surface area contributed by atoms with Crippen LogP contribution in [-0.2, 0) is 4.74 Å². The van der Waals surface area contributed by atoms with Crippen LogP contribution in [0.1, 0.15) is 29.2 Å². The number of benzene rings is 2. The van der Waals surface area contributed by atoms with Gasteiger partial charge in [0.05, 0.1) is 16.5 Å². The van der Waals surface area contributed by atoms with E-state index in [1.807, 2.05) is 0 Å². The monoisotopic (exact) mass is 390 g/mol. The number of carbonyl (C=O) groups excluding carboxylic acids is 1. The van der Waals surface area contributed by atoms with Crippen LogP contribution in [0.3, 0.4) is 0 Å². The fraction of sp³-hybridized carbons (Fsp3) is 0.118. The zero-order valence-electron chi connectivity index (χ0n) is 12.5. The number of ether oxygens (including phenoxy) is 1. The molecule has 24 heavy (non-hydrogen) atoms. The Morgan fingerprint density at radius 1 is 1.29 bits per heavy atom. The highest BCUT2D eigenvalue weighted by atomic mass is 79.9. The van der Waals surface area contributed by atoms with Crippen LogP contribution in [0, 0.1) is 5.82 Å². The fourth-order valence-electron chi connectivity index (χ4n) is 2.23. The van der Waals surface area contributed by atoms with Crippen molar-refractivity contribution in [1.82, 2.24) is 9.97 Å². The second kappa shape index (κ2) is 6.52. The fourth-order valence-corrected chi connectivity index (χ4v) is 2.74. The average Bonchev–Trinajstić information content (AvgIpc) is 2.54. The van der Waals surface area contributed by atoms with Gasteiger partial charge in [-0.05, 0) is 53.2 Å². The van der Waals surface area contributed by atoms with Gasteiger partial charge < -0.3 is 9.72 Å². The first-order valence-corrected chi connectivity index (χ1v) is 7.90. The van der Waals surface area contributed by atoms with Crippen LogP contribution in [0.25, 0.3) is 10.9 Å². The molecule has 7 heteroatoms. The molecule has 1 atom stereocenters. The van der Waals surface area contributed by atoms with Crippen molar-refractivity contribution in [2.75, 3.05) is 0 Å². The topological polar surface area (TPSA) is 72.0 Å². The maximum atomic E-state index is 13.1. The van der Waals surface area contributed by atoms with E-state index in [9.17, 15) is 14.0 Å². The molecule has 0 aliphatic heterocycles. The molecule has 0 aliphatic rings. The zero-order chi connectivity index (χ0) is 17.3. The molecule has 0 spiro atoms. The van der Waals surface area contributed by atoms with Gasteiger partial charge in [-0.3, -0.25) is 4.79 Å². The van der Waals surface area contributed by atoms with Gasteiger partial charge >= 0.3 is 5.97 Å². The van der Waals surface area contributed by atoms with E-state index in [1.54, 1.807) is 31.2 Å². The van der Waals surface area contributed by atoms with Gasteiger partial charge in [-0.1, -0.05) is 12.1 Å². The maximum Gasteiger partial charge on any atom is 0.339 e. The molecule has 3 rings (SSSR count). The Labute approximate surface area is 144 Å². The van der Waals surface area contributed by atoms with E-state index < -0.39 is 17.9 Å². The summed E-state index contributed by atoms with van der Waals surface area (Å²) < 4.78 is 18.7. The van der Waals surface area contributed by atoms with Gasteiger partial charge in [0, 0.05) is 4.47 Å². The number of nitrogens with one attached hydrogen (secondary N) is 1. The van der Waals surface area contributed by atoms with Gasteiger partial charge in [0.15, 0.2) is 11.9 Å². The Morgan fingerprint density at radius 2 is 2.04 bits per heavy atom. The number of fused-ring (bicyclic) bond motifs is 1. The number of carbonyl (C=O) groups is 1. The number of hydrogen-bond acceptors (Lipinski definition) is 4. The molecule has 1 heterocycles. The predicted molar refractivity (Wildman–Crippen MR) is 90.3 cm³/mol. The van der Waals surface area contributed by atoms with E-state index in [2.05, 4.69) is 25.9 Å². The third kappa shape index (κ3) is 3.21. The molecule has 0 bridgehead atoms. The molecule has 0 saturated carbocycles. The molecule has 0 saturated heterocycles. The van der Waals surface area contributed by atoms with Crippen LogP contribution in [0.5, 0.6) is 0 Å². The Hall–Kier alpha value is -2.54. The lowest BCUT2D eigenvalue weighted by Gasteiger charge is -2.13. The first-order chi connectivity index (χ1) is 11.5. The van der Waals surface area contributed by atoms with Gasteiger partial charge in [-0.25, -0.2) is 14.2 Å². The summed E-state index contributed by atoms with van der Waals surface area (Å²) in [5, 5.41) is 0.459. The van der Waals surface area contributed by atoms with E-state index in [1.165, 1.54) is 18.2 Å². The molecule has 1 aromatic heterocycles. The van der Waals surface area contributed by atoms with Crippen LogP contribution in [0.4, 0.5) is 4.39 Å². The second-order valence-corrected chi connectivity index (χ2v) is 5.99. The summed E-state index contributed by atoms with van der Waals surface area (Å²) in [6.07, 6.45) is -0.772. The molecule has 3 aromatic rings. The van der Waals surface area contributed by atoms with Gasteiger partial charge in [0.2, 0.25) is 0 Å². The number of aromatic amines is 1. The molecule has 5 nitrogen and oxygen atoms in total. The molecule has 0 fully saturated rings. The molecule has 0 unspecified atom stereocenters. The largest absolute Gasteiger partial charge is 0.451 e. The van der Waals surface area contributed by atoms with Crippen molar-refractivity contribution in [3.8, 4) is 0 Å². The highest BCUT2D eigenvalue weighted by Crippen LogP contribution is 2.22. The molecule has 2 aromatic carbocycles. The van der Waals surface area contributed by atoms with E-state index >= 15 is 0 Å². The normalized spacial score (nSPS) is 12.1. The summed E-state index contributed by atoms with van der Waals surface area (Å²) in [5.74, 6) is -0.873. The average molecular weight is 391 g/mol. The Balaban J connectivity index is 1.88. The molecule has 122 valence electrons. The highest BCUT2D eigenvalue weighted by molar-refractivity contribution is 9.10. The lowest BCUT2D eigenvalue weighted by molar-refractivity contribution is 0.0319. The zero-order valence-corrected chi connectivity index (χ0v) is 14.1. The third-order valence-corrected chi connectivity index (χ3v) is 4.11. The number of halogens is 2. The van der Waals surface area contributed by atoms with Crippen molar-refractivity contribution in [2.24, 2.45) is 0 Å². The number of hydrogen-bond donors (Lipinski definition) is 1. The molecular weight excluding hydrogens is 379 g/mol. The smallest absolute Gasteiger partial charge is 0.339 e. The summed E-state index contributed by atoms with van der Waals surface area (Å²) in [6.45, 7) is 1.60. The number of H-pyrrole nitrogens is 1. The number of esters is 1. The lowest BCUT2D eigenvalue weighted by Crippen LogP contribution is -2.17. The minimum Gasteiger partial charge on any atom is -0.451 e. The van der Waals surface area contributed by atoms with E-state index in [4.69, 9.17) is 4.74 Å². The van der Waals surface area contributed by atoms with Crippen molar-refractivity contribution in [3.63, 3.8) is 0 Å². The number of aromatic nitrogens is 2. The van der Waals surface area contributed by atoms with Gasteiger partial charge in [0.1, 0.15) is 5.82 Å². The first kappa shape index (κ1) is 16.3. The predicted octanol–water partition coefficient (Wildman–Crippen LogP) is 3.74. The molecule has 1 N–H and O–H groups in total. The van der Waals surface area contributed by atoms with Gasteiger partial charge in [0.25, 0.3) is 5.56 Å². The van der Waals surface area contributed by atoms with Crippen molar-refractivity contribution in [2.45, 2.75) is 13.0 Å². The Kier molecular flexibility index (Phi) is 4.44. The molecular formula is C17H12BrFN2O3. The van der Waals surface area contributed by atoms with Crippen LogP contribution in [-0.4, -0.2) is 15.9 Å². The van der Waals surface area contributed by atoms with Crippen molar-refractivity contribution in [1.29, 1.82) is 0 Å². The minimum atomic E-state index is -0.772. The third-order valence-electron chi connectivity index (χ3n) is 3.45. The SMILES string of the molecule is C[C@@H](OC(=O)c1ccc(F)cc1Br)c1nc2ccccc2c(=O)[nH]1. The quantitative estimate of drug-likeness (QED) is 0.691. The molecule has 0 aliphatic carbocycles. The number of para-hydroxylation sites is 1. The standard InChI is InChI=1S/C17H12BrFN2O3/c1-9(24-17(23)11-7-6-10(19)8-13(11)18)15-20-14-5-3-2-4-12(14)16(22)21-15/h2-9H,1H3,(H,20,21,22)/t9-/m1/s1. The van der Waals surface area contributed by atoms with E-state index in [0.717, 1.165) is 0 Å². The minimum absolute atomic E-state index is 0.186. The van der Waals surface area contributed by atoms with Crippen LogP contribution in [0.15, 0.2) is 51.7 Å². The summed E-state index contributed by atoms with van der Waals surface area (Å²) >= 11 is 3.12. The van der Waals surface area contributed by atoms with Crippen LogP contribution in [0.2, 0.25) is 0 Å². The summed E-state index contributed by atoms with van der Waals surface area (Å²) in [6, 6.07) is 10.6. The number of nitrogens with zero attached hydrogens (tertiary/aromatic N) is 1. The molecule has 0 amide bonds. The van der Waals surface area contributed by atoms with Gasteiger partial charge in [-0.15, -0.1) is 0 Å². The van der Waals surface area contributed by atoms with Crippen molar-refractivity contribution >= 4 is 32.8 Å². The molecule has 0 radical (unpaired) electrons. The summed E-state index contributed by atoms with van der Waals surface area (Å²) in [5.41, 5.74) is 0.398.